The van der Waals surface area contributed by atoms with Gasteiger partial charge in [0.05, 0.1) is 13.3 Å². The molecule has 0 amide bonds. The summed E-state index contributed by atoms with van der Waals surface area (Å²) in [4.78, 5) is 11.8. The van der Waals surface area contributed by atoms with E-state index in [1.54, 1.807) is 0 Å². The molecule has 1 fully saturated rings. The molecule has 0 radical (unpaired) electrons. The molecule has 1 saturated carbocycles. The van der Waals surface area contributed by atoms with E-state index < -0.39 is 0 Å². The average molecular weight is 440 g/mol. The van der Waals surface area contributed by atoms with E-state index in [1.807, 2.05) is 24.3 Å². The molecule has 4 rings (SSSR count). The van der Waals surface area contributed by atoms with E-state index in [0.717, 1.165) is 62.1 Å². The molecular weight excluding hydrogens is 402 g/mol. The lowest BCUT2D eigenvalue weighted by Gasteiger charge is -2.38. The van der Waals surface area contributed by atoms with Crippen molar-refractivity contribution < 1.29 is 4.74 Å². The fraction of sp³-hybridized carbons (Fsp3) is 0.625. The van der Waals surface area contributed by atoms with Crippen molar-refractivity contribution in [2.24, 2.45) is 0 Å². The third-order valence-corrected chi connectivity index (χ3v) is 6.20. The van der Waals surface area contributed by atoms with Crippen LogP contribution in [0.4, 0.5) is 5.82 Å². The molecule has 1 aromatic heterocycles. The summed E-state index contributed by atoms with van der Waals surface area (Å²) >= 11 is 0. The first kappa shape index (κ1) is 22.9. The lowest BCUT2D eigenvalue weighted by atomic mass is 10.1. The Kier molecular flexibility index (Phi) is 7.89. The second-order valence-electron chi connectivity index (χ2n) is 9.25. The SMILES string of the molecule is CN(C)CCNCCCOc1ccc(-c2nnc3c(n2)CN(C)CN3C2CCCC2)cc1. The normalized spacial score (nSPS) is 17.2. The van der Waals surface area contributed by atoms with Crippen molar-refractivity contribution >= 4 is 5.82 Å². The number of benzene rings is 1. The molecular formula is C24H37N7O. The van der Waals surface area contributed by atoms with Crippen molar-refractivity contribution in [3.8, 4) is 17.1 Å². The molecule has 32 heavy (non-hydrogen) atoms. The highest BCUT2D eigenvalue weighted by molar-refractivity contribution is 5.58. The van der Waals surface area contributed by atoms with Crippen LogP contribution in [0.15, 0.2) is 24.3 Å². The predicted octanol–water partition coefficient (Wildman–Crippen LogP) is 2.61. The Morgan fingerprint density at radius 1 is 1.09 bits per heavy atom. The van der Waals surface area contributed by atoms with E-state index in [4.69, 9.17) is 9.72 Å². The van der Waals surface area contributed by atoms with Gasteiger partial charge in [-0.2, -0.15) is 0 Å². The maximum absolute atomic E-state index is 5.88. The molecule has 0 saturated heterocycles. The number of nitrogens with one attached hydrogen (secondary N) is 1. The fourth-order valence-corrected chi connectivity index (χ4v) is 4.46. The molecule has 0 spiro atoms. The van der Waals surface area contributed by atoms with E-state index in [2.05, 4.69) is 51.4 Å². The molecule has 0 bridgehead atoms. The maximum Gasteiger partial charge on any atom is 0.182 e. The van der Waals surface area contributed by atoms with Gasteiger partial charge in [0.15, 0.2) is 11.6 Å². The van der Waals surface area contributed by atoms with Crippen LogP contribution >= 0.6 is 0 Å². The second kappa shape index (κ2) is 11.0. The molecule has 0 unspecified atom stereocenters. The Morgan fingerprint density at radius 2 is 1.88 bits per heavy atom. The van der Waals surface area contributed by atoms with E-state index in [1.165, 1.54) is 25.7 Å². The number of anilines is 1. The van der Waals surface area contributed by atoms with Gasteiger partial charge in [-0.1, -0.05) is 12.8 Å². The van der Waals surface area contributed by atoms with Crippen LogP contribution in [0, 0.1) is 0 Å². The number of fused-ring (bicyclic) bond motifs is 1. The van der Waals surface area contributed by atoms with Crippen LogP contribution in [0.5, 0.6) is 5.75 Å². The molecule has 0 atom stereocenters. The molecule has 2 heterocycles. The predicted molar refractivity (Wildman–Crippen MR) is 128 cm³/mol. The first-order valence-corrected chi connectivity index (χ1v) is 11.9. The van der Waals surface area contributed by atoms with Gasteiger partial charge >= 0.3 is 0 Å². The first-order valence-electron chi connectivity index (χ1n) is 11.9. The summed E-state index contributed by atoms with van der Waals surface area (Å²) < 4.78 is 5.88. The molecule has 8 nitrogen and oxygen atoms in total. The van der Waals surface area contributed by atoms with Gasteiger partial charge in [0.2, 0.25) is 0 Å². The number of hydrogen-bond donors (Lipinski definition) is 1. The fourth-order valence-electron chi connectivity index (χ4n) is 4.46. The zero-order valence-electron chi connectivity index (χ0n) is 19.8. The van der Waals surface area contributed by atoms with E-state index in [9.17, 15) is 0 Å². The standard InChI is InChI=1S/C24H37N7O/c1-29(2)15-14-25-13-6-16-32-21-11-9-19(10-12-21)23-26-22-17-30(3)18-31(24(22)28-27-23)20-7-4-5-8-20/h9-12,20,25H,4-8,13-18H2,1-3H3. The number of ether oxygens (including phenoxy) is 1. The van der Waals surface area contributed by atoms with Gasteiger partial charge in [0.25, 0.3) is 0 Å². The molecule has 1 aromatic carbocycles. The summed E-state index contributed by atoms with van der Waals surface area (Å²) in [5.41, 5.74) is 2.00. The number of aromatic nitrogens is 3. The van der Waals surface area contributed by atoms with Crippen LogP contribution in [-0.4, -0.2) is 85.1 Å². The Bertz CT molecular complexity index is 852. The summed E-state index contributed by atoms with van der Waals surface area (Å²) in [5.74, 6) is 2.53. The average Bonchev–Trinajstić information content (AvgIpc) is 3.32. The lowest BCUT2D eigenvalue weighted by molar-refractivity contribution is 0.287. The molecule has 1 aliphatic heterocycles. The van der Waals surface area contributed by atoms with Crippen molar-refractivity contribution in [2.75, 3.05) is 59.0 Å². The van der Waals surface area contributed by atoms with Gasteiger partial charge < -0.3 is 19.9 Å². The van der Waals surface area contributed by atoms with Crippen molar-refractivity contribution in [1.82, 2.24) is 30.3 Å². The first-order chi connectivity index (χ1) is 15.6. The minimum absolute atomic E-state index is 0.568. The highest BCUT2D eigenvalue weighted by Gasteiger charge is 2.31. The Labute approximate surface area is 192 Å². The smallest absolute Gasteiger partial charge is 0.182 e. The zero-order valence-corrected chi connectivity index (χ0v) is 19.8. The molecule has 1 aliphatic carbocycles. The number of likely N-dealkylation sites (N-methyl/N-ethyl adjacent to an activating group) is 1. The maximum atomic E-state index is 5.88. The number of rotatable bonds is 10. The molecule has 2 aromatic rings. The van der Waals surface area contributed by atoms with E-state index in [0.29, 0.717) is 18.5 Å². The van der Waals surface area contributed by atoms with Crippen LogP contribution in [-0.2, 0) is 6.54 Å². The molecule has 174 valence electrons. The monoisotopic (exact) mass is 439 g/mol. The van der Waals surface area contributed by atoms with Crippen molar-refractivity contribution in [2.45, 2.75) is 44.7 Å². The highest BCUT2D eigenvalue weighted by atomic mass is 16.5. The minimum Gasteiger partial charge on any atom is -0.494 e. The summed E-state index contributed by atoms with van der Waals surface area (Å²) in [6.45, 7) is 5.44. The minimum atomic E-state index is 0.568. The van der Waals surface area contributed by atoms with Crippen molar-refractivity contribution in [1.29, 1.82) is 0 Å². The van der Waals surface area contributed by atoms with E-state index >= 15 is 0 Å². The van der Waals surface area contributed by atoms with Gasteiger partial charge in [-0.25, -0.2) is 4.98 Å². The van der Waals surface area contributed by atoms with Crippen LogP contribution in [0.2, 0.25) is 0 Å². The summed E-state index contributed by atoms with van der Waals surface area (Å²) in [7, 11) is 6.32. The van der Waals surface area contributed by atoms with Crippen molar-refractivity contribution in [3.05, 3.63) is 30.0 Å². The van der Waals surface area contributed by atoms with Crippen LogP contribution in [0.25, 0.3) is 11.4 Å². The van der Waals surface area contributed by atoms with Gasteiger partial charge in [-0.05, 0) is 71.2 Å². The molecule has 2 aliphatic rings. The summed E-state index contributed by atoms with van der Waals surface area (Å²) in [6, 6.07) is 8.60. The van der Waals surface area contributed by atoms with Crippen LogP contribution in [0.3, 0.4) is 0 Å². The highest BCUT2D eigenvalue weighted by Crippen LogP contribution is 2.32. The number of hydrogen-bond acceptors (Lipinski definition) is 8. The van der Waals surface area contributed by atoms with Crippen LogP contribution < -0.4 is 15.0 Å². The summed E-state index contributed by atoms with van der Waals surface area (Å²) in [5, 5.41) is 12.5. The Hall–Kier alpha value is -2.29. The third kappa shape index (κ3) is 5.94. The second-order valence-corrected chi connectivity index (χ2v) is 9.25. The molecule has 1 N–H and O–H groups in total. The van der Waals surface area contributed by atoms with Gasteiger partial charge in [0.1, 0.15) is 11.4 Å². The van der Waals surface area contributed by atoms with Crippen molar-refractivity contribution in [3.63, 3.8) is 0 Å². The topological polar surface area (TPSA) is 69.6 Å². The third-order valence-electron chi connectivity index (χ3n) is 6.20. The lowest BCUT2D eigenvalue weighted by Crippen LogP contribution is -2.46. The number of nitrogens with zero attached hydrogens (tertiary/aromatic N) is 6. The van der Waals surface area contributed by atoms with Crippen LogP contribution in [0.1, 0.15) is 37.8 Å². The zero-order chi connectivity index (χ0) is 22.3. The summed E-state index contributed by atoms with van der Waals surface area (Å²) in [6.07, 6.45) is 6.08. The van der Waals surface area contributed by atoms with Gasteiger partial charge in [0, 0.05) is 31.2 Å². The van der Waals surface area contributed by atoms with Gasteiger partial charge in [-0.15, -0.1) is 10.2 Å². The largest absolute Gasteiger partial charge is 0.494 e. The Morgan fingerprint density at radius 3 is 2.62 bits per heavy atom. The molecule has 8 heteroatoms. The van der Waals surface area contributed by atoms with Gasteiger partial charge in [-0.3, -0.25) is 4.90 Å². The Balaban J connectivity index is 1.33. The van der Waals surface area contributed by atoms with E-state index in [-0.39, 0.29) is 0 Å². The quantitative estimate of drug-likeness (QED) is 0.567.